The monoisotopic (exact) mass is 444 g/mol. The minimum absolute atomic E-state index is 0.109. The van der Waals surface area contributed by atoms with Crippen molar-refractivity contribution in [2.45, 2.75) is 123 Å². The van der Waals surface area contributed by atoms with E-state index in [9.17, 15) is 9.59 Å². The fraction of sp³-hybridized carbons (Fsp3) is 0.929. The molecule has 0 unspecified atom stereocenters. The van der Waals surface area contributed by atoms with Crippen LogP contribution in [0.3, 0.4) is 0 Å². The highest BCUT2D eigenvalue weighted by Crippen LogP contribution is 2.66. The maximum Gasteiger partial charge on any atom is 0.309 e. The molecule has 4 nitrogen and oxygen atoms in total. The van der Waals surface area contributed by atoms with Gasteiger partial charge in [0.25, 0.3) is 0 Å². The molecule has 0 heterocycles. The zero-order chi connectivity index (χ0) is 22.5. The molecule has 0 aromatic rings. The summed E-state index contributed by atoms with van der Waals surface area (Å²) in [6.07, 6.45) is 16.6. The molecule has 0 amide bonds. The summed E-state index contributed by atoms with van der Waals surface area (Å²) in [5.41, 5.74) is 0.557. The number of hydrogen-bond donors (Lipinski definition) is 0. The van der Waals surface area contributed by atoms with Crippen LogP contribution in [-0.2, 0) is 19.1 Å². The Morgan fingerprint density at radius 1 is 0.750 bits per heavy atom. The lowest BCUT2D eigenvalue weighted by atomic mass is 9.45. The highest BCUT2D eigenvalue weighted by molar-refractivity contribution is 5.72. The van der Waals surface area contributed by atoms with E-state index in [0.717, 1.165) is 43.9 Å². The normalized spacial score (nSPS) is 46.5. The number of esters is 2. The molecule has 0 aromatic heterocycles. The maximum atomic E-state index is 12.9. The molecule has 0 spiro atoms. The first-order valence-electron chi connectivity index (χ1n) is 13.7. The lowest BCUT2D eigenvalue weighted by Crippen LogP contribution is -2.55. The van der Waals surface area contributed by atoms with Gasteiger partial charge in [0, 0.05) is 12.3 Å². The van der Waals surface area contributed by atoms with Crippen LogP contribution in [0.2, 0.25) is 0 Å². The van der Waals surface area contributed by atoms with Crippen LogP contribution in [0.4, 0.5) is 0 Å². The van der Waals surface area contributed by atoms with E-state index in [2.05, 4.69) is 13.8 Å². The Morgan fingerprint density at radius 3 is 2.22 bits per heavy atom. The molecule has 0 bridgehead atoms. The largest absolute Gasteiger partial charge is 0.463 e. The van der Waals surface area contributed by atoms with E-state index < -0.39 is 0 Å². The van der Waals surface area contributed by atoms with Gasteiger partial charge in [-0.1, -0.05) is 33.1 Å². The molecule has 4 heteroatoms. The van der Waals surface area contributed by atoms with Gasteiger partial charge in [-0.25, -0.2) is 0 Å². The van der Waals surface area contributed by atoms with Crippen LogP contribution in [0.15, 0.2) is 0 Å². The number of carbonyl (C=O) groups is 2. The molecular formula is C28H44O4. The van der Waals surface area contributed by atoms with Crippen LogP contribution in [0, 0.1) is 40.4 Å². The molecule has 32 heavy (non-hydrogen) atoms. The minimum Gasteiger partial charge on any atom is -0.463 e. The Morgan fingerprint density at radius 2 is 1.47 bits per heavy atom. The van der Waals surface area contributed by atoms with Crippen LogP contribution >= 0.6 is 0 Å². The average Bonchev–Trinajstić information content (AvgIpc) is 3.10. The van der Waals surface area contributed by atoms with Gasteiger partial charge in [-0.05, 0) is 99.7 Å². The second-order valence-corrected chi connectivity index (χ2v) is 12.5. The quantitative estimate of drug-likeness (QED) is 0.469. The predicted molar refractivity (Wildman–Crippen MR) is 124 cm³/mol. The lowest BCUT2D eigenvalue weighted by Gasteiger charge is -2.60. The smallest absolute Gasteiger partial charge is 0.309 e. The third kappa shape index (κ3) is 3.82. The van der Waals surface area contributed by atoms with Gasteiger partial charge in [0.2, 0.25) is 0 Å². The molecule has 0 aromatic carbocycles. The van der Waals surface area contributed by atoms with Gasteiger partial charge in [-0.2, -0.15) is 0 Å². The highest BCUT2D eigenvalue weighted by atomic mass is 16.5. The van der Waals surface area contributed by atoms with Crippen molar-refractivity contribution < 1.29 is 19.1 Å². The van der Waals surface area contributed by atoms with Crippen molar-refractivity contribution in [3.8, 4) is 0 Å². The van der Waals surface area contributed by atoms with Gasteiger partial charge in [0.05, 0.1) is 5.92 Å². The molecule has 5 rings (SSSR count). The minimum atomic E-state index is -0.125. The molecule has 5 aliphatic rings. The van der Waals surface area contributed by atoms with Crippen LogP contribution < -0.4 is 0 Å². The van der Waals surface area contributed by atoms with E-state index in [-0.39, 0.29) is 35.5 Å². The molecule has 0 saturated heterocycles. The summed E-state index contributed by atoms with van der Waals surface area (Å²) < 4.78 is 11.9. The summed E-state index contributed by atoms with van der Waals surface area (Å²) in [6, 6.07) is 0. The summed E-state index contributed by atoms with van der Waals surface area (Å²) in [5.74, 6) is 3.09. The van der Waals surface area contributed by atoms with Crippen molar-refractivity contribution in [1.82, 2.24) is 0 Å². The van der Waals surface area contributed by atoms with Crippen molar-refractivity contribution in [2.75, 3.05) is 0 Å². The molecule has 0 N–H and O–H groups in total. The van der Waals surface area contributed by atoms with Gasteiger partial charge >= 0.3 is 11.9 Å². The van der Waals surface area contributed by atoms with E-state index in [4.69, 9.17) is 9.47 Å². The van der Waals surface area contributed by atoms with Crippen LogP contribution in [0.1, 0.15) is 111 Å². The number of hydrogen-bond acceptors (Lipinski definition) is 4. The molecule has 0 radical (unpaired) electrons. The lowest BCUT2D eigenvalue weighted by molar-refractivity contribution is -0.172. The molecule has 0 aliphatic heterocycles. The second kappa shape index (κ2) is 8.62. The zero-order valence-electron chi connectivity index (χ0n) is 20.6. The molecule has 5 aliphatic carbocycles. The Kier molecular flexibility index (Phi) is 6.12. The molecule has 8 atom stereocenters. The van der Waals surface area contributed by atoms with Crippen LogP contribution in [0.25, 0.3) is 0 Å². The van der Waals surface area contributed by atoms with Gasteiger partial charge < -0.3 is 9.47 Å². The van der Waals surface area contributed by atoms with E-state index in [1.165, 1.54) is 57.8 Å². The van der Waals surface area contributed by atoms with Crippen molar-refractivity contribution >= 4 is 11.9 Å². The summed E-state index contributed by atoms with van der Waals surface area (Å²) >= 11 is 0. The van der Waals surface area contributed by atoms with E-state index in [1.807, 2.05) is 0 Å². The standard InChI is InChI=1S/C28H44O4/c1-18(29)31-21-13-15-27(2)20(17-21)9-10-22-23-11-12-25(28(23,3)16-14-24(22)27)32-26(30)19-7-5-4-6-8-19/h19-25H,4-17H2,1-3H3/t20-,21-,22+,23+,24+,25+,27+,28+/m1/s1. The van der Waals surface area contributed by atoms with Gasteiger partial charge in [0.1, 0.15) is 12.2 Å². The van der Waals surface area contributed by atoms with Crippen LogP contribution in [-0.4, -0.2) is 24.1 Å². The SMILES string of the molecule is CC(=O)O[C@@H]1CC[C@@]2(C)[C@H](CC[C@@H]3[C@@H]2CC[C@]2(C)[C@@H](OC(=O)C4CCCCC4)CC[C@@H]32)C1. The van der Waals surface area contributed by atoms with Gasteiger partial charge in [0.15, 0.2) is 0 Å². The van der Waals surface area contributed by atoms with Crippen molar-refractivity contribution in [1.29, 1.82) is 0 Å². The Balaban J connectivity index is 1.26. The van der Waals surface area contributed by atoms with Crippen molar-refractivity contribution in [2.24, 2.45) is 40.4 Å². The Labute approximate surface area is 194 Å². The third-order valence-corrected chi connectivity index (χ3v) is 11.1. The van der Waals surface area contributed by atoms with E-state index in [0.29, 0.717) is 17.3 Å². The Bertz CT molecular complexity index is 727. The summed E-state index contributed by atoms with van der Waals surface area (Å²) in [4.78, 5) is 24.4. The van der Waals surface area contributed by atoms with E-state index in [1.54, 1.807) is 6.92 Å². The summed E-state index contributed by atoms with van der Waals surface area (Å²) in [6.45, 7) is 6.55. The topological polar surface area (TPSA) is 52.6 Å². The zero-order valence-corrected chi connectivity index (χ0v) is 20.6. The fourth-order valence-corrected chi connectivity index (χ4v) is 9.28. The predicted octanol–water partition coefficient (Wildman–Crippen LogP) is 6.45. The fourth-order valence-electron chi connectivity index (χ4n) is 9.28. The third-order valence-electron chi connectivity index (χ3n) is 11.1. The number of fused-ring (bicyclic) bond motifs is 5. The maximum absolute atomic E-state index is 12.9. The second-order valence-electron chi connectivity index (χ2n) is 12.5. The number of rotatable bonds is 3. The molecular weight excluding hydrogens is 400 g/mol. The molecule has 5 saturated carbocycles. The van der Waals surface area contributed by atoms with Gasteiger partial charge in [-0.15, -0.1) is 0 Å². The first-order chi connectivity index (χ1) is 15.3. The summed E-state index contributed by atoms with van der Waals surface area (Å²) in [5, 5.41) is 0. The number of carbonyl (C=O) groups excluding carboxylic acids is 2. The van der Waals surface area contributed by atoms with Crippen molar-refractivity contribution in [3.63, 3.8) is 0 Å². The van der Waals surface area contributed by atoms with Crippen molar-refractivity contribution in [3.05, 3.63) is 0 Å². The first-order valence-corrected chi connectivity index (χ1v) is 13.7. The van der Waals surface area contributed by atoms with Crippen LogP contribution in [0.5, 0.6) is 0 Å². The Hall–Kier alpha value is -1.06. The summed E-state index contributed by atoms with van der Waals surface area (Å²) in [7, 11) is 0. The first kappa shape index (κ1) is 22.7. The molecule has 180 valence electrons. The number of ether oxygens (including phenoxy) is 2. The average molecular weight is 445 g/mol. The highest BCUT2D eigenvalue weighted by Gasteiger charge is 2.61. The van der Waals surface area contributed by atoms with E-state index >= 15 is 0 Å². The van der Waals surface area contributed by atoms with Gasteiger partial charge in [-0.3, -0.25) is 9.59 Å². The molecule has 5 fully saturated rings.